The van der Waals surface area contributed by atoms with Crippen LogP contribution in [0.25, 0.3) is 0 Å². The largest absolute Gasteiger partial charge is 0.369 e. The van der Waals surface area contributed by atoms with E-state index in [-0.39, 0.29) is 0 Å². The van der Waals surface area contributed by atoms with Gasteiger partial charge in [-0.05, 0) is 31.2 Å². The van der Waals surface area contributed by atoms with E-state index >= 15 is 0 Å². The van der Waals surface area contributed by atoms with Gasteiger partial charge in [0.15, 0.2) is 0 Å². The van der Waals surface area contributed by atoms with Crippen LogP contribution in [0.2, 0.25) is 5.02 Å². The summed E-state index contributed by atoms with van der Waals surface area (Å²) >= 11 is 6.18. The second-order valence-corrected chi connectivity index (χ2v) is 4.70. The lowest BCUT2D eigenvalue weighted by Gasteiger charge is -2.27. The normalized spacial score (nSPS) is 19.3. The molecule has 1 aromatic carbocycles. The summed E-state index contributed by atoms with van der Waals surface area (Å²) in [6.45, 7) is 2.00. The van der Waals surface area contributed by atoms with Crippen molar-refractivity contribution in [3.05, 3.63) is 28.8 Å². The number of anilines is 1. The minimum absolute atomic E-state index is 0.441. The summed E-state index contributed by atoms with van der Waals surface area (Å²) in [6, 6.07) is 5.63. The molecule has 2 rings (SSSR count). The molecule has 1 fully saturated rings. The summed E-state index contributed by atoms with van der Waals surface area (Å²) in [5.74, 6) is -0.455. The Balaban J connectivity index is 2.23. The van der Waals surface area contributed by atoms with Crippen LogP contribution in [-0.4, -0.2) is 32.1 Å². The van der Waals surface area contributed by atoms with Crippen molar-refractivity contribution in [3.63, 3.8) is 0 Å². The number of primary amides is 1. The van der Waals surface area contributed by atoms with Gasteiger partial charge in [0.05, 0.1) is 10.7 Å². The first kappa shape index (κ1) is 12.2. The molecular formula is C12H16ClN3O. The summed E-state index contributed by atoms with van der Waals surface area (Å²) < 4.78 is 0. The highest BCUT2D eigenvalue weighted by Crippen LogP contribution is 2.28. The number of amides is 1. The van der Waals surface area contributed by atoms with E-state index in [1.54, 1.807) is 12.1 Å². The fourth-order valence-electron chi connectivity index (χ4n) is 2.11. The van der Waals surface area contributed by atoms with Crippen LogP contribution < -0.4 is 16.0 Å². The van der Waals surface area contributed by atoms with E-state index in [9.17, 15) is 4.79 Å². The van der Waals surface area contributed by atoms with Gasteiger partial charge >= 0.3 is 0 Å². The van der Waals surface area contributed by atoms with Crippen LogP contribution >= 0.6 is 11.6 Å². The van der Waals surface area contributed by atoms with E-state index < -0.39 is 5.91 Å². The Morgan fingerprint density at radius 1 is 1.59 bits per heavy atom. The molecule has 1 unspecified atom stereocenters. The molecule has 1 atom stereocenters. The Hall–Kier alpha value is -1.26. The van der Waals surface area contributed by atoms with Gasteiger partial charge in [-0.1, -0.05) is 11.6 Å². The van der Waals surface area contributed by atoms with Gasteiger partial charge in [0.2, 0.25) is 5.91 Å². The molecule has 3 N–H and O–H groups in total. The zero-order valence-electron chi connectivity index (χ0n) is 9.74. The molecule has 0 bridgehead atoms. The van der Waals surface area contributed by atoms with Gasteiger partial charge in [-0.15, -0.1) is 0 Å². The van der Waals surface area contributed by atoms with Crippen molar-refractivity contribution in [1.29, 1.82) is 0 Å². The molecule has 0 saturated carbocycles. The van der Waals surface area contributed by atoms with Crippen molar-refractivity contribution < 1.29 is 4.79 Å². The molecule has 1 aliphatic rings. The SMILES string of the molecule is CN(c1ccc(C(N)=O)cc1Cl)C1CCNC1. The van der Waals surface area contributed by atoms with E-state index in [1.165, 1.54) is 0 Å². The van der Waals surface area contributed by atoms with Crippen molar-refractivity contribution in [3.8, 4) is 0 Å². The summed E-state index contributed by atoms with van der Waals surface area (Å²) in [4.78, 5) is 13.2. The van der Waals surface area contributed by atoms with E-state index in [4.69, 9.17) is 17.3 Å². The lowest BCUT2D eigenvalue weighted by atomic mass is 10.1. The van der Waals surface area contributed by atoms with E-state index in [2.05, 4.69) is 10.2 Å². The van der Waals surface area contributed by atoms with Gasteiger partial charge in [-0.25, -0.2) is 0 Å². The highest BCUT2D eigenvalue weighted by Gasteiger charge is 2.21. The molecule has 1 amide bonds. The molecule has 5 heteroatoms. The third-order valence-corrected chi connectivity index (χ3v) is 3.50. The van der Waals surface area contributed by atoms with Crippen molar-refractivity contribution >= 4 is 23.2 Å². The highest BCUT2D eigenvalue weighted by atomic mass is 35.5. The van der Waals surface area contributed by atoms with Crippen LogP contribution in [0.15, 0.2) is 18.2 Å². The number of carbonyl (C=O) groups is 1. The monoisotopic (exact) mass is 253 g/mol. The van der Waals surface area contributed by atoms with Crippen molar-refractivity contribution in [2.45, 2.75) is 12.5 Å². The predicted molar refractivity (Wildman–Crippen MR) is 69.6 cm³/mol. The number of benzene rings is 1. The molecule has 0 spiro atoms. The first-order valence-corrected chi connectivity index (χ1v) is 6.00. The maximum absolute atomic E-state index is 11.0. The molecular weight excluding hydrogens is 238 g/mol. The van der Waals surface area contributed by atoms with Gasteiger partial charge in [-0.3, -0.25) is 4.79 Å². The Kier molecular flexibility index (Phi) is 3.54. The van der Waals surface area contributed by atoms with Gasteiger partial charge in [0.1, 0.15) is 0 Å². The van der Waals surface area contributed by atoms with Gasteiger partial charge in [-0.2, -0.15) is 0 Å². The maximum atomic E-state index is 11.0. The molecule has 1 saturated heterocycles. The van der Waals surface area contributed by atoms with Crippen molar-refractivity contribution in [1.82, 2.24) is 5.32 Å². The minimum atomic E-state index is -0.455. The summed E-state index contributed by atoms with van der Waals surface area (Å²) in [5, 5.41) is 3.88. The standard InChI is InChI=1S/C12H16ClN3O/c1-16(9-4-5-15-7-9)11-3-2-8(12(14)17)6-10(11)13/h2-3,6,9,15H,4-5,7H2,1H3,(H2,14,17). The molecule has 0 aromatic heterocycles. The smallest absolute Gasteiger partial charge is 0.248 e. The van der Waals surface area contributed by atoms with Crippen molar-refractivity contribution in [2.24, 2.45) is 5.73 Å². The van der Waals surface area contributed by atoms with Crippen LogP contribution in [0.1, 0.15) is 16.8 Å². The number of nitrogens with two attached hydrogens (primary N) is 1. The summed E-state index contributed by atoms with van der Waals surface area (Å²) in [7, 11) is 2.02. The number of nitrogens with zero attached hydrogens (tertiary/aromatic N) is 1. The van der Waals surface area contributed by atoms with Crippen LogP contribution in [0, 0.1) is 0 Å². The molecule has 1 heterocycles. The zero-order chi connectivity index (χ0) is 12.4. The van der Waals surface area contributed by atoms with Gasteiger partial charge in [0.25, 0.3) is 0 Å². The number of halogens is 1. The summed E-state index contributed by atoms with van der Waals surface area (Å²) in [5.41, 5.74) is 6.59. The molecule has 17 heavy (non-hydrogen) atoms. The van der Waals surface area contributed by atoms with Gasteiger partial charge in [0, 0.05) is 25.2 Å². The fraction of sp³-hybridized carbons (Fsp3) is 0.417. The second-order valence-electron chi connectivity index (χ2n) is 4.29. The first-order valence-electron chi connectivity index (χ1n) is 5.62. The van der Waals surface area contributed by atoms with Crippen molar-refractivity contribution in [2.75, 3.05) is 25.0 Å². The van der Waals surface area contributed by atoms with Crippen LogP contribution in [0.5, 0.6) is 0 Å². The topological polar surface area (TPSA) is 58.4 Å². The number of nitrogens with one attached hydrogen (secondary N) is 1. The second kappa shape index (κ2) is 4.94. The lowest BCUT2D eigenvalue weighted by molar-refractivity contribution is 0.100. The van der Waals surface area contributed by atoms with Crippen LogP contribution in [-0.2, 0) is 0 Å². The van der Waals surface area contributed by atoms with Crippen LogP contribution in [0.4, 0.5) is 5.69 Å². The zero-order valence-corrected chi connectivity index (χ0v) is 10.5. The quantitative estimate of drug-likeness (QED) is 0.852. The molecule has 0 aliphatic carbocycles. The van der Waals surface area contributed by atoms with E-state index in [0.29, 0.717) is 16.6 Å². The average Bonchev–Trinajstić information content (AvgIpc) is 2.81. The molecule has 0 radical (unpaired) electrons. The van der Waals surface area contributed by atoms with E-state index in [0.717, 1.165) is 25.2 Å². The molecule has 1 aromatic rings. The number of rotatable bonds is 3. The molecule has 92 valence electrons. The lowest BCUT2D eigenvalue weighted by Crippen LogP contribution is -2.33. The predicted octanol–water partition coefficient (Wildman–Crippen LogP) is 1.24. The fourth-order valence-corrected chi connectivity index (χ4v) is 2.43. The maximum Gasteiger partial charge on any atom is 0.248 e. The molecule has 1 aliphatic heterocycles. The van der Waals surface area contributed by atoms with E-state index in [1.807, 2.05) is 13.1 Å². The number of hydrogen-bond acceptors (Lipinski definition) is 3. The van der Waals surface area contributed by atoms with Gasteiger partial charge < -0.3 is 16.0 Å². The first-order chi connectivity index (χ1) is 8.09. The Morgan fingerprint density at radius 3 is 2.88 bits per heavy atom. The number of likely N-dealkylation sites (N-methyl/N-ethyl adjacent to an activating group) is 1. The Bertz CT molecular complexity index is 430. The number of hydrogen-bond donors (Lipinski definition) is 2. The van der Waals surface area contributed by atoms with Crippen LogP contribution in [0.3, 0.4) is 0 Å². The number of carbonyl (C=O) groups excluding carboxylic acids is 1. The average molecular weight is 254 g/mol. The summed E-state index contributed by atoms with van der Waals surface area (Å²) in [6.07, 6.45) is 1.10. The third-order valence-electron chi connectivity index (χ3n) is 3.19. The Labute approximate surface area is 106 Å². The Morgan fingerprint density at radius 2 is 2.35 bits per heavy atom. The minimum Gasteiger partial charge on any atom is -0.369 e. The highest BCUT2D eigenvalue weighted by molar-refractivity contribution is 6.33. The molecule has 4 nitrogen and oxygen atoms in total. The third kappa shape index (κ3) is 2.53.